The van der Waals surface area contributed by atoms with Gasteiger partial charge in [0.25, 0.3) is 5.56 Å². The van der Waals surface area contributed by atoms with Gasteiger partial charge >= 0.3 is 11.9 Å². The molecule has 0 atom stereocenters. The predicted octanol–water partition coefficient (Wildman–Crippen LogP) is 4.89. The molecule has 192 valence electrons. The van der Waals surface area contributed by atoms with Crippen LogP contribution in [0.15, 0.2) is 70.6 Å². The van der Waals surface area contributed by atoms with Crippen LogP contribution in [0.25, 0.3) is 22.3 Å². The van der Waals surface area contributed by atoms with E-state index in [-0.39, 0.29) is 46.0 Å². The summed E-state index contributed by atoms with van der Waals surface area (Å²) >= 11 is 0. The first-order chi connectivity index (χ1) is 18.1. The van der Waals surface area contributed by atoms with E-state index < -0.39 is 27.9 Å². The van der Waals surface area contributed by atoms with Gasteiger partial charge in [0.15, 0.2) is 11.6 Å². The van der Waals surface area contributed by atoms with E-state index in [9.17, 15) is 28.1 Å². The number of ether oxygens (including phenoxy) is 2. The number of terminal acetylenes is 1. The number of nitrogens with zero attached hydrogens (tertiary/aromatic N) is 4. The number of para-hydroxylation sites is 1. The van der Waals surface area contributed by atoms with Gasteiger partial charge in [0.1, 0.15) is 6.61 Å². The number of halogens is 3. The summed E-state index contributed by atoms with van der Waals surface area (Å²) in [7, 11) is 1.27. The van der Waals surface area contributed by atoms with Crippen molar-refractivity contribution < 1.29 is 27.6 Å². The lowest BCUT2D eigenvalue weighted by Crippen LogP contribution is -2.20. The van der Waals surface area contributed by atoms with E-state index in [0.29, 0.717) is 0 Å². The minimum atomic E-state index is -4.63. The molecular weight excluding hydrogens is 505 g/mol. The first-order valence-electron chi connectivity index (χ1n) is 10.8. The zero-order chi connectivity index (χ0) is 27.4. The molecule has 0 radical (unpaired) electrons. The third-order valence-corrected chi connectivity index (χ3v) is 5.30. The Morgan fingerprint density at radius 2 is 1.95 bits per heavy atom. The summed E-state index contributed by atoms with van der Waals surface area (Å²) in [6.45, 7) is -0.247. The number of rotatable bonds is 7. The van der Waals surface area contributed by atoms with Crippen molar-refractivity contribution in [1.82, 2.24) is 9.66 Å². The summed E-state index contributed by atoms with van der Waals surface area (Å²) in [6.07, 6.45) is 1.67. The molecule has 0 fully saturated rings. The monoisotopic (exact) mass is 522 g/mol. The minimum absolute atomic E-state index is 0.0126. The molecule has 4 rings (SSSR count). The van der Waals surface area contributed by atoms with Crippen molar-refractivity contribution in [3.05, 3.63) is 92.3 Å². The zero-order valence-corrected chi connectivity index (χ0v) is 19.6. The van der Waals surface area contributed by atoms with Crippen molar-refractivity contribution in [2.45, 2.75) is 6.18 Å². The van der Waals surface area contributed by atoms with Gasteiger partial charge in [-0.05, 0) is 30.3 Å². The van der Waals surface area contributed by atoms with E-state index in [2.05, 4.69) is 16.0 Å². The first-order valence-corrected chi connectivity index (χ1v) is 10.8. The molecule has 0 spiro atoms. The van der Waals surface area contributed by atoms with Gasteiger partial charge in [-0.2, -0.15) is 22.9 Å². The molecule has 0 aliphatic carbocycles. The van der Waals surface area contributed by atoms with E-state index in [4.69, 9.17) is 15.9 Å². The predicted molar refractivity (Wildman–Crippen MR) is 133 cm³/mol. The highest BCUT2D eigenvalue weighted by molar-refractivity contribution is 5.84. The fourth-order valence-electron chi connectivity index (χ4n) is 3.61. The highest BCUT2D eigenvalue weighted by atomic mass is 19.4. The molecule has 0 saturated heterocycles. The van der Waals surface area contributed by atoms with E-state index in [0.717, 1.165) is 29.1 Å². The highest BCUT2D eigenvalue weighted by Gasteiger charge is 2.31. The van der Waals surface area contributed by atoms with Gasteiger partial charge in [-0.15, -0.1) is 6.42 Å². The molecule has 9 nitrogen and oxygen atoms in total. The minimum Gasteiger partial charge on any atom is -0.493 e. The molecule has 0 aliphatic heterocycles. The quantitative estimate of drug-likeness (QED) is 0.148. The van der Waals surface area contributed by atoms with Gasteiger partial charge < -0.3 is 9.47 Å². The van der Waals surface area contributed by atoms with E-state index >= 15 is 0 Å². The summed E-state index contributed by atoms with van der Waals surface area (Å²) in [5.74, 6) is 1.84. The van der Waals surface area contributed by atoms with Gasteiger partial charge in [-0.1, -0.05) is 30.2 Å². The summed E-state index contributed by atoms with van der Waals surface area (Å²) in [5.41, 5.74) is -1.68. The van der Waals surface area contributed by atoms with E-state index in [1.165, 1.54) is 31.4 Å². The Morgan fingerprint density at radius 3 is 2.63 bits per heavy atom. The number of hydrogen-bond acceptors (Lipinski definition) is 7. The fraction of sp³-hybridized carbons (Fsp3) is 0.115. The molecule has 12 heteroatoms. The second-order valence-corrected chi connectivity index (χ2v) is 7.71. The van der Waals surface area contributed by atoms with Gasteiger partial charge in [-0.3, -0.25) is 14.9 Å². The average molecular weight is 522 g/mol. The van der Waals surface area contributed by atoms with Crippen molar-refractivity contribution in [1.29, 1.82) is 0 Å². The molecule has 0 saturated carbocycles. The van der Waals surface area contributed by atoms with Crippen molar-refractivity contribution in [3.8, 4) is 35.2 Å². The van der Waals surface area contributed by atoms with Crippen LogP contribution >= 0.6 is 0 Å². The number of aromatic nitrogens is 2. The largest absolute Gasteiger partial charge is 0.493 e. The summed E-state index contributed by atoms with van der Waals surface area (Å²) < 4.78 is 51.4. The molecule has 0 N–H and O–H groups in total. The van der Waals surface area contributed by atoms with Crippen LogP contribution in [0.1, 0.15) is 11.1 Å². The van der Waals surface area contributed by atoms with E-state index in [1.807, 2.05) is 0 Å². The number of hydrogen-bond donors (Lipinski definition) is 0. The van der Waals surface area contributed by atoms with Crippen molar-refractivity contribution in [2.75, 3.05) is 13.7 Å². The van der Waals surface area contributed by atoms with Gasteiger partial charge in [-0.25, -0.2) is 4.98 Å². The van der Waals surface area contributed by atoms with Gasteiger partial charge in [0.05, 0.1) is 34.7 Å². The SMILES string of the molecule is C#CCOc1c(OC)cc(C=Nn2c(-c3cccc(C(F)(F)F)c3)nc3ccccc3c2=O)cc1[N+](=O)[O-]. The molecule has 1 aromatic heterocycles. The Kier molecular flexibility index (Phi) is 7.11. The number of nitro groups is 1. The third kappa shape index (κ3) is 5.17. The van der Waals surface area contributed by atoms with Crippen molar-refractivity contribution in [3.63, 3.8) is 0 Å². The second kappa shape index (κ2) is 10.4. The summed E-state index contributed by atoms with van der Waals surface area (Å²) in [5, 5.41) is 16.0. The zero-order valence-electron chi connectivity index (χ0n) is 19.6. The van der Waals surface area contributed by atoms with Crippen LogP contribution in [0.3, 0.4) is 0 Å². The Balaban J connectivity index is 1.91. The molecule has 4 aromatic rings. The smallest absolute Gasteiger partial charge is 0.416 e. The lowest BCUT2D eigenvalue weighted by molar-refractivity contribution is -0.385. The number of alkyl halides is 3. The number of fused-ring (bicyclic) bond motifs is 1. The molecule has 0 amide bonds. The lowest BCUT2D eigenvalue weighted by atomic mass is 10.1. The second-order valence-electron chi connectivity index (χ2n) is 7.71. The van der Waals surface area contributed by atoms with Gasteiger partial charge in [0.2, 0.25) is 5.75 Å². The lowest BCUT2D eigenvalue weighted by Gasteiger charge is -2.12. The molecule has 0 aliphatic rings. The molecule has 1 heterocycles. The fourth-order valence-corrected chi connectivity index (χ4v) is 3.61. The maximum atomic E-state index is 13.4. The third-order valence-electron chi connectivity index (χ3n) is 5.30. The summed E-state index contributed by atoms with van der Waals surface area (Å²) in [4.78, 5) is 28.6. The molecule has 3 aromatic carbocycles. The van der Waals surface area contributed by atoms with Crippen LogP contribution in [-0.2, 0) is 6.18 Å². The maximum Gasteiger partial charge on any atom is 0.416 e. The molecule has 0 unspecified atom stereocenters. The Hall–Kier alpha value is -5.18. The van der Waals surface area contributed by atoms with Crippen molar-refractivity contribution in [2.24, 2.45) is 5.10 Å². The van der Waals surface area contributed by atoms with Crippen LogP contribution in [0, 0.1) is 22.5 Å². The Labute approximate surface area is 212 Å². The van der Waals surface area contributed by atoms with E-state index in [1.54, 1.807) is 18.2 Å². The Morgan fingerprint density at radius 1 is 1.18 bits per heavy atom. The van der Waals surface area contributed by atoms with Crippen LogP contribution in [0.5, 0.6) is 11.5 Å². The molecule has 0 bridgehead atoms. The summed E-state index contributed by atoms with van der Waals surface area (Å²) in [6, 6.07) is 13.1. The van der Waals surface area contributed by atoms with Crippen LogP contribution in [-0.4, -0.2) is 34.5 Å². The first kappa shape index (κ1) is 25.9. The van der Waals surface area contributed by atoms with Gasteiger partial charge in [0, 0.05) is 17.2 Å². The molecule has 38 heavy (non-hydrogen) atoms. The van der Waals surface area contributed by atoms with Crippen LogP contribution < -0.4 is 15.0 Å². The maximum absolute atomic E-state index is 13.4. The normalized spacial score (nSPS) is 11.4. The number of methoxy groups -OCH3 is 1. The number of benzene rings is 3. The van der Waals surface area contributed by atoms with Crippen molar-refractivity contribution >= 4 is 22.8 Å². The highest BCUT2D eigenvalue weighted by Crippen LogP contribution is 2.38. The average Bonchev–Trinajstić information content (AvgIpc) is 2.90. The standard InChI is InChI=1S/C26H17F3N4O5/c1-3-11-38-23-21(33(35)36)12-16(13-22(23)37-2)15-30-32-24(17-7-6-8-18(14-17)26(27,28)29)31-20-10-5-4-9-19(20)25(32)34/h1,4-10,12-15H,11H2,2H3. The molecular formula is C26H17F3N4O5. The van der Waals surface area contributed by atoms with Crippen LogP contribution in [0.2, 0.25) is 0 Å². The Bertz CT molecular complexity index is 1670. The topological polar surface area (TPSA) is 109 Å². The van der Waals surface area contributed by atoms with Crippen LogP contribution in [0.4, 0.5) is 18.9 Å². The number of nitro benzene ring substituents is 1.